The molecule has 0 bridgehead atoms. The van der Waals surface area contributed by atoms with E-state index < -0.39 is 23.4 Å². The first-order valence-corrected chi connectivity index (χ1v) is 10.4. The monoisotopic (exact) mass is 484 g/mol. The van der Waals surface area contributed by atoms with Gasteiger partial charge in [0.25, 0.3) is 5.91 Å². The van der Waals surface area contributed by atoms with E-state index in [4.69, 9.17) is 0 Å². The Balaban J connectivity index is 1.47. The number of rotatable bonds is 4. The number of phenols is 2. The van der Waals surface area contributed by atoms with Crippen LogP contribution in [0.2, 0.25) is 0 Å². The molecule has 9 nitrogen and oxygen atoms in total. The third kappa shape index (κ3) is 4.14. The molecule has 12 heteroatoms. The fraction of sp³-hybridized carbons (Fsp3) is 0.174. The molecule has 0 fully saturated rings. The predicted molar refractivity (Wildman–Crippen MR) is 119 cm³/mol. The van der Waals surface area contributed by atoms with Crippen molar-refractivity contribution in [3.8, 4) is 22.8 Å². The van der Waals surface area contributed by atoms with Crippen molar-refractivity contribution in [2.24, 2.45) is 7.05 Å². The minimum absolute atomic E-state index is 0.0669. The van der Waals surface area contributed by atoms with Gasteiger partial charge in [-0.2, -0.15) is 23.4 Å². The van der Waals surface area contributed by atoms with Crippen LogP contribution in [-0.4, -0.2) is 41.0 Å². The number of hydrogen-bond donors (Lipinski definition) is 4. The van der Waals surface area contributed by atoms with Crippen LogP contribution < -0.4 is 5.32 Å². The van der Waals surface area contributed by atoms with Crippen molar-refractivity contribution in [3.63, 3.8) is 0 Å². The van der Waals surface area contributed by atoms with Crippen LogP contribution in [0.4, 0.5) is 24.7 Å². The number of halogens is 3. The topological polar surface area (TPSA) is 119 Å². The maximum Gasteiger partial charge on any atom is 0.416 e. The molecule has 0 radical (unpaired) electrons. The normalized spacial score (nSPS) is 13.2. The van der Waals surface area contributed by atoms with Crippen LogP contribution in [0.15, 0.2) is 48.7 Å². The Morgan fingerprint density at radius 2 is 1.94 bits per heavy atom. The second-order valence-electron chi connectivity index (χ2n) is 8.16. The van der Waals surface area contributed by atoms with E-state index in [1.165, 1.54) is 33.8 Å². The fourth-order valence-corrected chi connectivity index (χ4v) is 4.02. The van der Waals surface area contributed by atoms with Gasteiger partial charge < -0.3 is 20.4 Å². The number of alkyl halides is 3. The first kappa shape index (κ1) is 22.3. The number of aryl methyl sites for hydroxylation is 1. The zero-order chi connectivity index (χ0) is 24.9. The Kier molecular flexibility index (Phi) is 5.15. The van der Waals surface area contributed by atoms with Gasteiger partial charge in [0.15, 0.2) is 0 Å². The van der Waals surface area contributed by atoms with Crippen molar-refractivity contribution in [2.45, 2.75) is 19.3 Å². The highest BCUT2D eigenvalue weighted by Crippen LogP contribution is 2.37. The molecule has 1 aliphatic heterocycles. The lowest BCUT2D eigenvalue weighted by Gasteiger charge is -2.19. The fourth-order valence-electron chi connectivity index (χ4n) is 4.02. The average molecular weight is 484 g/mol. The van der Waals surface area contributed by atoms with Crippen LogP contribution in [0.3, 0.4) is 0 Å². The molecule has 0 spiro atoms. The molecule has 0 saturated heterocycles. The third-order valence-electron chi connectivity index (χ3n) is 5.75. The number of benzene rings is 2. The summed E-state index contributed by atoms with van der Waals surface area (Å²) in [5.74, 6) is -0.855. The van der Waals surface area contributed by atoms with Gasteiger partial charge in [0.1, 0.15) is 22.9 Å². The summed E-state index contributed by atoms with van der Waals surface area (Å²) >= 11 is 0. The molecule has 3 heterocycles. The Labute approximate surface area is 196 Å². The molecule has 0 saturated carbocycles. The number of phenolic OH excluding ortho intramolecular Hbond substituents is 2. The number of nitrogens with one attached hydrogen (secondary N) is 2. The molecule has 5 rings (SSSR count). The number of H-pyrrole nitrogens is 1. The molecule has 0 unspecified atom stereocenters. The Morgan fingerprint density at radius 1 is 1.14 bits per heavy atom. The molecule has 180 valence electrons. The van der Waals surface area contributed by atoms with E-state index >= 15 is 0 Å². The zero-order valence-corrected chi connectivity index (χ0v) is 18.3. The van der Waals surface area contributed by atoms with E-state index in [2.05, 4.69) is 20.6 Å². The maximum atomic E-state index is 13.3. The molecule has 0 atom stereocenters. The van der Waals surface area contributed by atoms with Crippen LogP contribution in [0.5, 0.6) is 11.5 Å². The van der Waals surface area contributed by atoms with Gasteiger partial charge in [-0.25, -0.2) is 0 Å². The number of aromatic amines is 1. The van der Waals surface area contributed by atoms with Crippen molar-refractivity contribution in [2.75, 3.05) is 5.32 Å². The third-order valence-corrected chi connectivity index (χ3v) is 5.75. The lowest BCUT2D eigenvalue weighted by molar-refractivity contribution is -0.137. The number of fused-ring (bicyclic) bond motifs is 1. The summed E-state index contributed by atoms with van der Waals surface area (Å²) in [6.07, 6.45) is -2.87. The number of amides is 1. The SMILES string of the molecule is Cn1nc(-c2cccc(C(F)(F)F)c2)cc1Nc1cc(O)cc(O)c1C(=O)N1Cc2cn[nH]c2C1. The van der Waals surface area contributed by atoms with Crippen molar-refractivity contribution < 1.29 is 28.2 Å². The van der Waals surface area contributed by atoms with E-state index in [0.717, 1.165) is 29.5 Å². The van der Waals surface area contributed by atoms with Crippen LogP contribution in [0, 0.1) is 0 Å². The van der Waals surface area contributed by atoms with Gasteiger partial charge in [0, 0.05) is 42.9 Å². The summed E-state index contributed by atoms with van der Waals surface area (Å²) in [5, 5.41) is 34.6. The van der Waals surface area contributed by atoms with Crippen molar-refractivity contribution in [1.82, 2.24) is 24.9 Å². The number of aromatic nitrogens is 4. The minimum atomic E-state index is -4.49. The van der Waals surface area contributed by atoms with Gasteiger partial charge in [-0.15, -0.1) is 0 Å². The number of aromatic hydroxyl groups is 2. The Morgan fingerprint density at radius 3 is 2.69 bits per heavy atom. The number of nitrogens with zero attached hydrogens (tertiary/aromatic N) is 4. The molecule has 0 aliphatic carbocycles. The first-order valence-electron chi connectivity index (χ1n) is 10.4. The number of carbonyl (C=O) groups is 1. The highest BCUT2D eigenvalue weighted by Gasteiger charge is 2.31. The highest BCUT2D eigenvalue weighted by molar-refractivity contribution is 6.03. The maximum absolute atomic E-state index is 13.3. The smallest absolute Gasteiger partial charge is 0.416 e. The zero-order valence-electron chi connectivity index (χ0n) is 18.3. The van der Waals surface area contributed by atoms with E-state index in [-0.39, 0.29) is 34.8 Å². The van der Waals surface area contributed by atoms with Crippen LogP contribution in [0.1, 0.15) is 27.2 Å². The second kappa shape index (κ2) is 8.08. The first-order chi connectivity index (χ1) is 16.6. The van der Waals surface area contributed by atoms with Gasteiger partial charge in [0.2, 0.25) is 0 Å². The van der Waals surface area contributed by atoms with Gasteiger partial charge in [-0.1, -0.05) is 12.1 Å². The molecule has 4 N–H and O–H groups in total. The van der Waals surface area contributed by atoms with Crippen molar-refractivity contribution in [3.05, 3.63) is 71.0 Å². The number of carbonyl (C=O) groups excluding carboxylic acids is 1. The highest BCUT2D eigenvalue weighted by atomic mass is 19.4. The van der Waals surface area contributed by atoms with Gasteiger partial charge in [0.05, 0.1) is 35.4 Å². The molecular formula is C23H19F3N6O3. The lowest BCUT2D eigenvalue weighted by atomic mass is 10.1. The summed E-state index contributed by atoms with van der Waals surface area (Å²) in [6, 6.07) is 8.63. The van der Waals surface area contributed by atoms with E-state index in [1.54, 1.807) is 13.2 Å². The molecule has 35 heavy (non-hydrogen) atoms. The second-order valence-corrected chi connectivity index (χ2v) is 8.16. The Hall–Kier alpha value is -4.48. The summed E-state index contributed by atoms with van der Waals surface area (Å²) < 4.78 is 40.7. The van der Waals surface area contributed by atoms with Crippen LogP contribution in [0.25, 0.3) is 11.3 Å². The molecule has 1 aliphatic rings. The lowest BCUT2D eigenvalue weighted by Crippen LogP contribution is -2.26. The van der Waals surface area contributed by atoms with Gasteiger partial charge in [-0.3, -0.25) is 14.6 Å². The summed E-state index contributed by atoms with van der Waals surface area (Å²) in [7, 11) is 1.57. The van der Waals surface area contributed by atoms with Crippen LogP contribution >= 0.6 is 0 Å². The minimum Gasteiger partial charge on any atom is -0.508 e. The predicted octanol–water partition coefficient (Wildman–Crippen LogP) is 4.14. The summed E-state index contributed by atoms with van der Waals surface area (Å²) in [4.78, 5) is 14.8. The molecule has 2 aromatic carbocycles. The van der Waals surface area contributed by atoms with Gasteiger partial charge in [-0.05, 0) is 12.1 Å². The number of hydrogen-bond acceptors (Lipinski definition) is 6. The average Bonchev–Trinajstić information content (AvgIpc) is 3.48. The largest absolute Gasteiger partial charge is 0.508 e. The number of anilines is 2. The van der Waals surface area contributed by atoms with Crippen molar-refractivity contribution in [1.29, 1.82) is 0 Å². The van der Waals surface area contributed by atoms with Crippen molar-refractivity contribution >= 4 is 17.4 Å². The van der Waals surface area contributed by atoms with E-state index in [0.29, 0.717) is 12.4 Å². The van der Waals surface area contributed by atoms with E-state index in [1.807, 2.05) is 0 Å². The molecule has 2 aromatic heterocycles. The Bertz CT molecular complexity index is 1420. The standard InChI is InChI=1S/C23H19F3N6O3/c1-31-20(8-16(30-31)12-3-2-4-14(5-12)23(24,25)26)28-17-6-15(33)7-19(34)21(17)22(35)32-10-13-9-27-29-18(13)11-32/h2-9,28,33-34H,10-11H2,1H3,(H,27,29). The summed E-state index contributed by atoms with van der Waals surface area (Å²) in [6.45, 7) is 0.579. The van der Waals surface area contributed by atoms with Gasteiger partial charge >= 0.3 is 6.18 Å². The molecule has 4 aromatic rings. The quantitative estimate of drug-likeness (QED) is 0.346. The molecular weight excluding hydrogens is 465 g/mol. The van der Waals surface area contributed by atoms with Crippen LogP contribution in [-0.2, 0) is 26.3 Å². The molecule has 1 amide bonds. The van der Waals surface area contributed by atoms with E-state index in [9.17, 15) is 28.2 Å². The summed E-state index contributed by atoms with van der Waals surface area (Å²) in [5.41, 5.74) is 1.43.